The van der Waals surface area contributed by atoms with Crippen LogP contribution >= 0.6 is 11.6 Å². The van der Waals surface area contributed by atoms with Crippen LogP contribution in [0.15, 0.2) is 30.7 Å². The minimum atomic E-state index is -0.543. The second-order valence-corrected chi connectivity index (χ2v) is 9.55. The van der Waals surface area contributed by atoms with Crippen molar-refractivity contribution in [3.05, 3.63) is 58.1 Å². The number of pyridine rings is 1. The van der Waals surface area contributed by atoms with Crippen LogP contribution in [-0.2, 0) is 0 Å². The molecule has 9 nitrogen and oxygen atoms in total. The van der Waals surface area contributed by atoms with Gasteiger partial charge >= 0.3 is 0 Å². The fourth-order valence-electron chi connectivity index (χ4n) is 4.20. The molecule has 2 heterocycles. The summed E-state index contributed by atoms with van der Waals surface area (Å²) in [4.78, 5) is 26.8. The summed E-state index contributed by atoms with van der Waals surface area (Å²) in [5, 5.41) is 14.0. The number of nitrogen functional groups attached to an aromatic ring is 1. The standard InChI is InChI=1S/C29H35ClN6O3/c1-7-9-10-20(15-37)25-27(31)33-16-34-28(25)35-18(4)21-13-22(30)17(3)24(26(21)39-8-2)19-11-12-23(32-14-19)29(38)36(5)6/h11-14,16,18,20,37H,7-8,15H2,1-6H3,(H3,31,33,34,35). The molecule has 0 bridgehead atoms. The quantitative estimate of drug-likeness (QED) is 0.323. The van der Waals surface area contributed by atoms with Crippen LogP contribution < -0.4 is 15.8 Å². The van der Waals surface area contributed by atoms with Crippen LogP contribution in [0, 0.1) is 18.8 Å². The number of ether oxygens (including phenoxy) is 1. The van der Waals surface area contributed by atoms with E-state index in [0.29, 0.717) is 40.9 Å². The first-order valence-corrected chi connectivity index (χ1v) is 13.1. The van der Waals surface area contributed by atoms with Gasteiger partial charge in [-0.1, -0.05) is 30.5 Å². The summed E-state index contributed by atoms with van der Waals surface area (Å²) in [6.45, 7) is 7.92. The van der Waals surface area contributed by atoms with Crippen molar-refractivity contribution in [1.82, 2.24) is 19.9 Å². The maximum absolute atomic E-state index is 12.3. The third kappa shape index (κ3) is 6.59. The van der Waals surface area contributed by atoms with Gasteiger partial charge in [-0.05, 0) is 38.5 Å². The number of carbonyl (C=O) groups excluding carboxylic acids is 1. The zero-order valence-electron chi connectivity index (χ0n) is 23.2. The predicted octanol–water partition coefficient (Wildman–Crippen LogP) is 4.85. The van der Waals surface area contributed by atoms with E-state index in [-0.39, 0.29) is 24.4 Å². The Kier molecular flexibility index (Phi) is 10.1. The lowest BCUT2D eigenvalue weighted by Gasteiger charge is -2.25. The van der Waals surface area contributed by atoms with E-state index in [2.05, 4.69) is 32.1 Å². The summed E-state index contributed by atoms with van der Waals surface area (Å²) in [5.41, 5.74) is 10.3. The highest BCUT2D eigenvalue weighted by atomic mass is 35.5. The van der Waals surface area contributed by atoms with E-state index >= 15 is 0 Å². The third-order valence-electron chi connectivity index (χ3n) is 6.19. The summed E-state index contributed by atoms with van der Waals surface area (Å²) < 4.78 is 6.19. The van der Waals surface area contributed by atoms with E-state index in [1.54, 1.807) is 26.4 Å². The average molecular weight is 551 g/mol. The first kappa shape index (κ1) is 29.7. The molecule has 3 aromatic rings. The Labute approximate surface area is 234 Å². The van der Waals surface area contributed by atoms with Crippen LogP contribution in [0.3, 0.4) is 0 Å². The van der Waals surface area contributed by atoms with E-state index in [9.17, 15) is 9.90 Å². The molecule has 0 aliphatic carbocycles. The molecule has 0 aliphatic heterocycles. The summed E-state index contributed by atoms with van der Waals surface area (Å²) in [7, 11) is 3.37. The number of hydrogen-bond acceptors (Lipinski definition) is 8. The number of nitrogens with zero attached hydrogens (tertiary/aromatic N) is 4. The topological polar surface area (TPSA) is 126 Å². The highest BCUT2D eigenvalue weighted by molar-refractivity contribution is 6.32. The van der Waals surface area contributed by atoms with Gasteiger partial charge in [0.2, 0.25) is 0 Å². The number of carbonyl (C=O) groups is 1. The number of nitrogens with one attached hydrogen (secondary N) is 1. The molecule has 1 aromatic carbocycles. The predicted molar refractivity (Wildman–Crippen MR) is 155 cm³/mol. The molecule has 0 fully saturated rings. The van der Waals surface area contributed by atoms with Crippen LogP contribution in [0.5, 0.6) is 5.75 Å². The van der Waals surface area contributed by atoms with Crippen molar-refractivity contribution in [2.24, 2.45) is 0 Å². The second kappa shape index (κ2) is 13.3. The van der Waals surface area contributed by atoms with Crippen molar-refractivity contribution in [1.29, 1.82) is 0 Å². The van der Waals surface area contributed by atoms with Crippen molar-refractivity contribution >= 4 is 29.1 Å². The van der Waals surface area contributed by atoms with Crippen LogP contribution in [-0.4, -0.2) is 58.2 Å². The molecular weight excluding hydrogens is 516 g/mol. The molecule has 0 radical (unpaired) electrons. The summed E-state index contributed by atoms with van der Waals surface area (Å²) in [6, 6.07) is 5.06. The largest absolute Gasteiger partial charge is 0.493 e. The first-order valence-electron chi connectivity index (χ1n) is 12.7. The number of anilines is 2. The lowest BCUT2D eigenvalue weighted by molar-refractivity contribution is 0.0822. The van der Waals surface area contributed by atoms with E-state index in [0.717, 1.165) is 22.3 Å². The molecule has 4 N–H and O–H groups in total. The van der Waals surface area contributed by atoms with E-state index < -0.39 is 5.92 Å². The number of amides is 1. The molecule has 0 saturated heterocycles. The summed E-state index contributed by atoms with van der Waals surface area (Å²) in [6.07, 6.45) is 3.67. The Balaban J connectivity index is 2.11. The molecule has 0 spiro atoms. The van der Waals surface area contributed by atoms with Gasteiger partial charge in [-0.25, -0.2) is 9.97 Å². The Morgan fingerprint density at radius 2 is 2.00 bits per heavy atom. The van der Waals surface area contributed by atoms with Gasteiger partial charge in [0, 0.05) is 48.4 Å². The Bertz CT molecular complexity index is 1380. The number of aliphatic hydroxyl groups is 1. The molecular formula is C29H35ClN6O3. The van der Waals surface area contributed by atoms with Gasteiger partial charge in [0.25, 0.3) is 5.91 Å². The minimum Gasteiger partial charge on any atom is -0.493 e. The van der Waals surface area contributed by atoms with Gasteiger partial charge < -0.3 is 25.8 Å². The minimum absolute atomic E-state index is 0.183. The molecule has 2 unspecified atom stereocenters. The average Bonchev–Trinajstić information content (AvgIpc) is 2.92. The van der Waals surface area contributed by atoms with Gasteiger partial charge in [-0.2, -0.15) is 0 Å². The summed E-state index contributed by atoms with van der Waals surface area (Å²) in [5.74, 6) is 6.68. The van der Waals surface area contributed by atoms with Crippen molar-refractivity contribution in [2.45, 2.75) is 46.1 Å². The zero-order valence-corrected chi connectivity index (χ0v) is 23.9. The van der Waals surface area contributed by atoms with E-state index in [4.69, 9.17) is 22.1 Å². The second-order valence-electron chi connectivity index (χ2n) is 9.14. The van der Waals surface area contributed by atoms with Crippen LogP contribution in [0.1, 0.15) is 66.3 Å². The fourth-order valence-corrected chi connectivity index (χ4v) is 4.41. The Morgan fingerprint density at radius 1 is 1.26 bits per heavy atom. The Hall–Kier alpha value is -3.87. The van der Waals surface area contributed by atoms with Gasteiger partial charge in [0.15, 0.2) is 0 Å². The van der Waals surface area contributed by atoms with Crippen molar-refractivity contribution in [3.63, 3.8) is 0 Å². The number of nitrogens with two attached hydrogens (primary N) is 1. The van der Waals surface area contributed by atoms with Crippen molar-refractivity contribution in [3.8, 4) is 28.7 Å². The molecule has 206 valence electrons. The first-order chi connectivity index (χ1) is 18.6. The van der Waals surface area contributed by atoms with Gasteiger partial charge in [-0.15, -0.1) is 5.92 Å². The third-order valence-corrected chi connectivity index (χ3v) is 6.58. The van der Waals surface area contributed by atoms with Crippen LogP contribution in [0.25, 0.3) is 11.1 Å². The molecule has 39 heavy (non-hydrogen) atoms. The van der Waals surface area contributed by atoms with E-state index in [1.165, 1.54) is 11.2 Å². The molecule has 3 rings (SSSR count). The molecule has 1 amide bonds. The lowest BCUT2D eigenvalue weighted by Crippen LogP contribution is -2.22. The van der Waals surface area contributed by atoms with E-state index in [1.807, 2.05) is 39.8 Å². The highest BCUT2D eigenvalue weighted by Crippen LogP contribution is 2.43. The molecule has 2 aromatic heterocycles. The summed E-state index contributed by atoms with van der Waals surface area (Å²) >= 11 is 6.74. The maximum atomic E-state index is 12.3. The normalized spacial score (nSPS) is 12.2. The number of aliphatic hydroxyl groups excluding tert-OH is 1. The number of rotatable bonds is 9. The van der Waals surface area contributed by atoms with Crippen LogP contribution in [0.4, 0.5) is 11.6 Å². The fraction of sp³-hybridized carbons (Fsp3) is 0.379. The molecule has 2 atom stereocenters. The monoisotopic (exact) mass is 550 g/mol. The van der Waals surface area contributed by atoms with Crippen molar-refractivity contribution < 1.29 is 14.6 Å². The van der Waals surface area contributed by atoms with Crippen LogP contribution in [0.2, 0.25) is 5.02 Å². The van der Waals surface area contributed by atoms with Gasteiger partial charge in [0.1, 0.15) is 29.4 Å². The zero-order chi connectivity index (χ0) is 28.7. The lowest BCUT2D eigenvalue weighted by atomic mass is 9.94. The SMILES string of the molecule is CCC#CC(CO)c1c(N)ncnc1NC(C)c1cc(Cl)c(C)c(-c2ccc(C(=O)N(C)C)nc2)c1OCC. The van der Waals surface area contributed by atoms with Crippen molar-refractivity contribution in [2.75, 3.05) is 38.4 Å². The number of halogens is 1. The smallest absolute Gasteiger partial charge is 0.271 e. The van der Waals surface area contributed by atoms with Gasteiger partial charge in [0.05, 0.1) is 30.7 Å². The number of benzene rings is 1. The Morgan fingerprint density at radius 3 is 2.59 bits per heavy atom. The molecule has 10 heteroatoms. The number of aromatic nitrogens is 3. The molecule has 0 saturated carbocycles. The van der Waals surface area contributed by atoms with Gasteiger partial charge in [-0.3, -0.25) is 9.78 Å². The maximum Gasteiger partial charge on any atom is 0.271 e. The molecule has 0 aliphatic rings. The number of hydrogen-bond donors (Lipinski definition) is 3. The highest BCUT2D eigenvalue weighted by Gasteiger charge is 2.25.